The van der Waals surface area contributed by atoms with Gasteiger partial charge in [0.25, 0.3) is 0 Å². The zero-order chi connectivity index (χ0) is 13.8. The van der Waals surface area contributed by atoms with Crippen LogP contribution in [0.2, 0.25) is 0 Å². The molecule has 0 radical (unpaired) electrons. The number of phenolic OH excluding ortho intramolecular Hbond substituents is 1. The number of likely N-dealkylation sites (tertiary alicyclic amines) is 1. The Labute approximate surface area is 131 Å². The van der Waals surface area contributed by atoms with Crippen molar-refractivity contribution in [2.45, 2.75) is 25.8 Å². The van der Waals surface area contributed by atoms with Crippen molar-refractivity contribution in [2.75, 3.05) is 19.6 Å². The molecule has 1 saturated heterocycles. The van der Waals surface area contributed by atoms with Crippen molar-refractivity contribution in [3.8, 4) is 5.75 Å². The molecule has 0 amide bonds. The smallest absolute Gasteiger partial charge is 0.138 e. The molecule has 1 heterocycles. The van der Waals surface area contributed by atoms with Gasteiger partial charge < -0.3 is 10.0 Å². The fourth-order valence-corrected chi connectivity index (χ4v) is 3.51. The van der Waals surface area contributed by atoms with E-state index in [4.69, 9.17) is 0 Å². The molecule has 0 saturated carbocycles. The molecule has 0 bridgehead atoms. The molecule has 5 heteroatoms. The number of hydrogen-bond donors (Lipinski definition) is 1. The van der Waals surface area contributed by atoms with E-state index in [9.17, 15) is 5.11 Å². The van der Waals surface area contributed by atoms with E-state index in [1.807, 2.05) is 12.1 Å². The molecule has 104 valence electrons. The van der Waals surface area contributed by atoms with E-state index >= 15 is 0 Å². The summed E-state index contributed by atoms with van der Waals surface area (Å²) in [5.74, 6) is 0.248. The first-order valence-electron chi connectivity index (χ1n) is 6.53. The molecule has 1 aromatic carbocycles. The van der Waals surface area contributed by atoms with Crippen molar-refractivity contribution in [1.82, 2.24) is 4.90 Å². The fourth-order valence-electron chi connectivity index (χ4n) is 2.25. The third kappa shape index (κ3) is 4.04. The highest BCUT2D eigenvalue weighted by Crippen LogP contribution is 2.30. The lowest BCUT2D eigenvalue weighted by Crippen LogP contribution is -2.35. The largest absolute Gasteiger partial charge is 0.506 e. The standard InChI is InChI=1S/C14H18Br2N2O/c1-2-18-5-3-12(4-6-18)17-9-10-7-11(15)8-13(16)14(10)19/h7-9,12,19H,2-6H2,1H3. The summed E-state index contributed by atoms with van der Waals surface area (Å²) >= 11 is 6.75. The number of hydrogen-bond acceptors (Lipinski definition) is 3. The van der Waals surface area contributed by atoms with Gasteiger partial charge in [-0.15, -0.1) is 0 Å². The Morgan fingerprint density at radius 3 is 2.68 bits per heavy atom. The zero-order valence-corrected chi connectivity index (χ0v) is 14.1. The minimum Gasteiger partial charge on any atom is -0.506 e. The first-order valence-corrected chi connectivity index (χ1v) is 8.12. The average molecular weight is 390 g/mol. The quantitative estimate of drug-likeness (QED) is 0.797. The number of rotatable bonds is 3. The highest BCUT2D eigenvalue weighted by molar-refractivity contribution is 9.11. The van der Waals surface area contributed by atoms with Crippen LogP contribution in [-0.4, -0.2) is 41.9 Å². The van der Waals surface area contributed by atoms with Crippen molar-refractivity contribution in [3.63, 3.8) is 0 Å². The highest BCUT2D eigenvalue weighted by atomic mass is 79.9. The summed E-state index contributed by atoms with van der Waals surface area (Å²) in [7, 11) is 0. The normalized spacial score (nSPS) is 18.3. The zero-order valence-electron chi connectivity index (χ0n) is 10.9. The summed E-state index contributed by atoms with van der Waals surface area (Å²) in [5, 5.41) is 9.96. The van der Waals surface area contributed by atoms with Gasteiger partial charge >= 0.3 is 0 Å². The first-order chi connectivity index (χ1) is 9.10. The van der Waals surface area contributed by atoms with E-state index in [1.54, 1.807) is 6.21 Å². The van der Waals surface area contributed by atoms with Gasteiger partial charge in [0.2, 0.25) is 0 Å². The van der Waals surface area contributed by atoms with Gasteiger partial charge in [0.05, 0.1) is 10.5 Å². The van der Waals surface area contributed by atoms with Gasteiger partial charge in [0.1, 0.15) is 5.75 Å². The molecule has 0 aromatic heterocycles. The molecule has 2 rings (SSSR count). The van der Waals surface area contributed by atoms with Crippen LogP contribution in [0.1, 0.15) is 25.3 Å². The number of piperidine rings is 1. The van der Waals surface area contributed by atoms with Gasteiger partial charge in [-0.05, 0) is 47.4 Å². The summed E-state index contributed by atoms with van der Waals surface area (Å²) in [5.41, 5.74) is 0.749. The second kappa shape index (κ2) is 6.86. The molecule has 0 atom stereocenters. The van der Waals surface area contributed by atoms with Gasteiger partial charge in [-0.25, -0.2) is 0 Å². The van der Waals surface area contributed by atoms with E-state index < -0.39 is 0 Å². The number of aromatic hydroxyl groups is 1. The Morgan fingerprint density at radius 2 is 2.05 bits per heavy atom. The van der Waals surface area contributed by atoms with Crippen molar-refractivity contribution >= 4 is 38.1 Å². The average Bonchev–Trinajstić information content (AvgIpc) is 2.41. The van der Waals surface area contributed by atoms with Crippen LogP contribution in [-0.2, 0) is 0 Å². The minimum atomic E-state index is 0.248. The Hall–Kier alpha value is -0.390. The lowest BCUT2D eigenvalue weighted by Gasteiger charge is -2.28. The van der Waals surface area contributed by atoms with Crippen LogP contribution in [0.5, 0.6) is 5.75 Å². The summed E-state index contributed by atoms with van der Waals surface area (Å²) < 4.78 is 1.61. The lowest BCUT2D eigenvalue weighted by molar-refractivity contribution is 0.224. The maximum absolute atomic E-state index is 9.96. The molecule has 1 N–H and O–H groups in total. The van der Waals surface area contributed by atoms with Gasteiger partial charge in [-0.3, -0.25) is 4.99 Å². The van der Waals surface area contributed by atoms with Crippen LogP contribution in [0.3, 0.4) is 0 Å². The minimum absolute atomic E-state index is 0.248. The van der Waals surface area contributed by atoms with Gasteiger partial charge in [0, 0.05) is 29.3 Å². The number of aliphatic imine (C=N–C) groups is 1. The molecule has 19 heavy (non-hydrogen) atoms. The van der Waals surface area contributed by atoms with Crippen LogP contribution < -0.4 is 0 Å². The van der Waals surface area contributed by atoms with Crippen molar-refractivity contribution < 1.29 is 5.11 Å². The topological polar surface area (TPSA) is 35.8 Å². The third-order valence-electron chi connectivity index (χ3n) is 3.49. The van der Waals surface area contributed by atoms with E-state index in [1.165, 1.54) is 0 Å². The molecule has 3 nitrogen and oxygen atoms in total. The predicted octanol–water partition coefficient (Wildman–Crippen LogP) is 3.82. The van der Waals surface area contributed by atoms with Crippen molar-refractivity contribution in [2.24, 2.45) is 4.99 Å². The monoisotopic (exact) mass is 388 g/mol. The van der Waals surface area contributed by atoms with Crippen LogP contribution >= 0.6 is 31.9 Å². The molecule has 1 aliphatic heterocycles. The molecular weight excluding hydrogens is 372 g/mol. The van der Waals surface area contributed by atoms with E-state index in [-0.39, 0.29) is 5.75 Å². The number of benzene rings is 1. The molecule has 0 aliphatic carbocycles. The Morgan fingerprint density at radius 1 is 1.37 bits per heavy atom. The maximum Gasteiger partial charge on any atom is 0.138 e. The van der Waals surface area contributed by atoms with Crippen molar-refractivity contribution in [3.05, 3.63) is 26.6 Å². The van der Waals surface area contributed by atoms with Gasteiger partial charge in [0.15, 0.2) is 0 Å². The number of nitrogens with zero attached hydrogens (tertiary/aromatic N) is 2. The predicted molar refractivity (Wildman–Crippen MR) is 86.2 cm³/mol. The van der Waals surface area contributed by atoms with Crippen LogP contribution in [0.15, 0.2) is 26.1 Å². The fraction of sp³-hybridized carbons (Fsp3) is 0.500. The van der Waals surface area contributed by atoms with E-state index in [0.29, 0.717) is 10.5 Å². The van der Waals surface area contributed by atoms with Crippen LogP contribution in [0, 0.1) is 0 Å². The number of halogens is 2. The van der Waals surface area contributed by atoms with Gasteiger partial charge in [-0.1, -0.05) is 22.9 Å². The summed E-state index contributed by atoms with van der Waals surface area (Å²) in [6, 6.07) is 4.08. The van der Waals surface area contributed by atoms with Crippen LogP contribution in [0.25, 0.3) is 0 Å². The summed E-state index contributed by atoms with van der Waals surface area (Å²) in [4.78, 5) is 7.06. The molecule has 1 aliphatic rings. The molecule has 0 unspecified atom stereocenters. The van der Waals surface area contributed by atoms with Gasteiger partial charge in [-0.2, -0.15) is 0 Å². The van der Waals surface area contributed by atoms with Crippen LogP contribution in [0.4, 0.5) is 0 Å². The maximum atomic E-state index is 9.96. The summed E-state index contributed by atoms with van der Waals surface area (Å²) in [6.45, 7) is 5.55. The lowest BCUT2D eigenvalue weighted by atomic mass is 10.1. The number of phenols is 1. The second-order valence-corrected chi connectivity index (χ2v) is 6.54. The second-order valence-electron chi connectivity index (χ2n) is 4.77. The Balaban J connectivity index is 2.03. The summed E-state index contributed by atoms with van der Waals surface area (Å²) in [6.07, 6.45) is 3.98. The van der Waals surface area contributed by atoms with E-state index in [0.717, 1.165) is 42.5 Å². The Bertz CT molecular complexity index is 469. The molecule has 1 fully saturated rings. The van der Waals surface area contributed by atoms with E-state index in [2.05, 4.69) is 48.7 Å². The Kier molecular flexibility index (Phi) is 5.42. The third-order valence-corrected chi connectivity index (χ3v) is 4.55. The SMILES string of the molecule is CCN1CCC(N=Cc2cc(Br)cc(Br)c2O)CC1. The molecular formula is C14H18Br2N2O. The highest BCUT2D eigenvalue weighted by Gasteiger charge is 2.16. The molecule has 1 aromatic rings. The molecule has 0 spiro atoms. The van der Waals surface area contributed by atoms with Crippen molar-refractivity contribution in [1.29, 1.82) is 0 Å². The first kappa shape index (κ1) is 15.0.